The number of nitrogens with zero attached hydrogens (tertiary/aromatic N) is 1. The lowest BCUT2D eigenvalue weighted by Gasteiger charge is -2.47. The van der Waals surface area contributed by atoms with Gasteiger partial charge in [-0.05, 0) is 0 Å². The van der Waals surface area contributed by atoms with Crippen LogP contribution in [0.4, 0.5) is 43.9 Å². The fraction of sp³-hybridized carbons (Fsp3) is 0.714. The van der Waals surface area contributed by atoms with Crippen LogP contribution < -0.4 is 0 Å². The van der Waals surface area contributed by atoms with Crippen molar-refractivity contribution in [1.82, 2.24) is 4.90 Å². The minimum absolute atomic E-state index is 1.98. The van der Waals surface area contributed by atoms with Crippen molar-refractivity contribution in [2.75, 3.05) is 0 Å². The van der Waals surface area contributed by atoms with Crippen molar-refractivity contribution in [3.8, 4) is 0 Å². The third-order valence-corrected chi connectivity index (χ3v) is 2.05. The quantitative estimate of drug-likeness (QED) is 0.572. The number of halogens is 10. The molecule has 112 valence electrons. The van der Waals surface area contributed by atoms with Gasteiger partial charge >= 0.3 is 24.3 Å². The Balaban J connectivity index is 3.45. The molecule has 1 aliphatic heterocycles. The highest BCUT2D eigenvalue weighted by Gasteiger charge is 2.84. The van der Waals surface area contributed by atoms with E-state index in [0.29, 0.717) is 0 Å². The van der Waals surface area contributed by atoms with Gasteiger partial charge < -0.3 is 0 Å². The van der Waals surface area contributed by atoms with Gasteiger partial charge in [-0.15, -0.1) is 4.90 Å². The summed E-state index contributed by atoms with van der Waals surface area (Å²) in [5.74, 6) is -2.59. The van der Waals surface area contributed by atoms with Gasteiger partial charge in [0.05, 0.1) is 0 Å². The Morgan fingerprint density at radius 3 is 1.47 bits per heavy atom. The van der Waals surface area contributed by atoms with Gasteiger partial charge in [0.15, 0.2) is 0 Å². The second kappa shape index (κ2) is 3.98. The van der Waals surface area contributed by atoms with Crippen molar-refractivity contribution < 1.29 is 48.6 Å². The van der Waals surface area contributed by atoms with Crippen molar-refractivity contribution in [2.24, 2.45) is 0 Å². The monoisotopic (exact) mass is 307 g/mol. The number of ether oxygens (including phenoxy) is 1. The van der Waals surface area contributed by atoms with E-state index in [4.69, 9.17) is 0 Å². The topological polar surface area (TPSA) is 12.5 Å². The first-order chi connectivity index (χ1) is 8.18. The molecule has 1 unspecified atom stereocenters. The fourth-order valence-corrected chi connectivity index (χ4v) is 1.17. The van der Waals surface area contributed by atoms with Gasteiger partial charge in [-0.2, -0.15) is 35.1 Å². The van der Waals surface area contributed by atoms with E-state index in [1.54, 1.807) is 0 Å². The van der Waals surface area contributed by atoms with E-state index >= 15 is 0 Å². The van der Waals surface area contributed by atoms with Gasteiger partial charge in [-0.1, -0.05) is 6.58 Å². The van der Waals surface area contributed by atoms with E-state index in [9.17, 15) is 43.9 Å². The van der Waals surface area contributed by atoms with Gasteiger partial charge in [-0.25, -0.2) is 13.5 Å². The fourth-order valence-electron chi connectivity index (χ4n) is 1.17. The maximum atomic E-state index is 12.9. The molecule has 0 N–H and O–H groups in total. The van der Waals surface area contributed by atoms with Crippen molar-refractivity contribution in [3.05, 3.63) is 12.4 Å². The van der Waals surface area contributed by atoms with Crippen LogP contribution in [-0.4, -0.2) is 35.5 Å². The zero-order valence-electron chi connectivity index (χ0n) is 8.42. The van der Waals surface area contributed by atoms with E-state index in [2.05, 4.69) is 0 Å². The van der Waals surface area contributed by atoms with Crippen LogP contribution in [0.2, 0.25) is 0 Å². The molecular formula is C7H3F10NO. The lowest BCUT2D eigenvalue weighted by Crippen LogP contribution is -2.75. The van der Waals surface area contributed by atoms with E-state index in [-0.39, 0.29) is 0 Å². The Hall–Kier alpha value is -1.04. The number of alkyl halides is 9. The molecule has 19 heavy (non-hydrogen) atoms. The van der Waals surface area contributed by atoms with Crippen molar-refractivity contribution in [3.63, 3.8) is 0 Å². The Labute approximate surface area is 97.8 Å². The highest BCUT2D eigenvalue weighted by atomic mass is 19.4. The van der Waals surface area contributed by atoms with Crippen LogP contribution in [0.5, 0.6) is 0 Å². The highest BCUT2D eigenvalue weighted by molar-refractivity contribution is 5.02. The number of hydrogen-bond acceptors (Lipinski definition) is 2. The average Bonchev–Trinajstić information content (AvgIpc) is 2.12. The molecule has 1 fully saturated rings. The largest absolute Gasteiger partial charge is 0.439 e. The maximum absolute atomic E-state index is 12.9. The first-order valence-electron chi connectivity index (χ1n) is 4.17. The molecule has 0 saturated carbocycles. The summed E-state index contributed by atoms with van der Waals surface area (Å²) in [5.41, 5.74) is 0. The smallest absolute Gasteiger partial charge is 0.243 e. The normalized spacial score (nSPS) is 29.8. The Morgan fingerprint density at radius 2 is 1.21 bits per heavy atom. The molecular weight excluding hydrogens is 304 g/mol. The SMILES string of the molecule is C=C(F)C(F)N1C(F)(F)C(F)(F)OC(F)(F)C1(F)F. The van der Waals surface area contributed by atoms with Gasteiger partial charge in [0.2, 0.25) is 6.30 Å². The minimum Gasteiger partial charge on any atom is -0.243 e. The zero-order valence-corrected chi connectivity index (χ0v) is 8.42. The number of rotatable bonds is 2. The molecule has 1 heterocycles. The molecule has 0 aliphatic carbocycles. The summed E-state index contributed by atoms with van der Waals surface area (Å²) in [6.07, 6.45) is -16.7. The molecule has 0 radical (unpaired) electrons. The molecule has 0 aromatic carbocycles. The second-order valence-electron chi connectivity index (χ2n) is 3.37. The molecule has 0 aromatic heterocycles. The summed E-state index contributed by atoms with van der Waals surface area (Å²) in [6.45, 7) is 1.98. The zero-order chi connectivity index (χ0) is 15.4. The van der Waals surface area contributed by atoms with Gasteiger partial charge in [0.25, 0.3) is 0 Å². The molecule has 12 heteroatoms. The van der Waals surface area contributed by atoms with Crippen LogP contribution in [-0.2, 0) is 4.74 Å². The van der Waals surface area contributed by atoms with Gasteiger partial charge in [-0.3, -0.25) is 0 Å². The van der Waals surface area contributed by atoms with E-state index < -0.39 is 41.3 Å². The molecule has 0 bridgehead atoms. The predicted octanol–water partition coefficient (Wildman–Crippen LogP) is 3.47. The molecule has 0 spiro atoms. The predicted molar refractivity (Wildman–Crippen MR) is 37.9 cm³/mol. The number of morpholine rings is 1. The van der Waals surface area contributed by atoms with Crippen LogP contribution in [0.1, 0.15) is 0 Å². The summed E-state index contributed by atoms with van der Waals surface area (Å²) in [4.78, 5) is -2.62. The van der Waals surface area contributed by atoms with Crippen molar-refractivity contribution >= 4 is 0 Å². The Kier molecular flexibility index (Phi) is 3.35. The lowest BCUT2D eigenvalue weighted by atomic mass is 10.2. The van der Waals surface area contributed by atoms with Crippen LogP contribution in [0.25, 0.3) is 0 Å². The third kappa shape index (κ3) is 2.06. The first-order valence-corrected chi connectivity index (χ1v) is 4.17. The Bertz CT molecular complexity index is 367. The second-order valence-corrected chi connectivity index (χ2v) is 3.37. The summed E-state index contributed by atoms with van der Waals surface area (Å²) < 4.78 is 129. The van der Waals surface area contributed by atoms with Crippen LogP contribution in [0, 0.1) is 0 Å². The highest BCUT2D eigenvalue weighted by Crippen LogP contribution is 2.56. The van der Waals surface area contributed by atoms with Crippen LogP contribution >= 0.6 is 0 Å². The van der Waals surface area contributed by atoms with E-state index in [0.717, 1.165) is 0 Å². The first kappa shape index (κ1) is 16.0. The Morgan fingerprint density at radius 1 is 0.895 bits per heavy atom. The molecule has 2 nitrogen and oxygen atoms in total. The molecule has 1 rings (SSSR count). The summed E-state index contributed by atoms with van der Waals surface area (Å²) in [7, 11) is 0. The molecule has 1 atom stereocenters. The standard InChI is InChI=1S/C7H3F10NO/c1-2(8)3(9)18-4(10,11)6(14,15)19-7(16,17)5(18,12)13/h3H,1H2. The molecule has 0 aromatic rings. The van der Waals surface area contributed by atoms with E-state index in [1.165, 1.54) is 0 Å². The van der Waals surface area contributed by atoms with Crippen LogP contribution in [0.15, 0.2) is 12.4 Å². The average molecular weight is 307 g/mol. The molecule has 1 saturated heterocycles. The van der Waals surface area contributed by atoms with Crippen molar-refractivity contribution in [2.45, 2.75) is 30.6 Å². The molecule has 0 amide bonds. The summed E-state index contributed by atoms with van der Waals surface area (Å²) >= 11 is 0. The summed E-state index contributed by atoms with van der Waals surface area (Å²) in [6, 6.07) is -12.5. The third-order valence-electron chi connectivity index (χ3n) is 2.05. The minimum atomic E-state index is -6.24. The van der Waals surface area contributed by atoms with Gasteiger partial charge in [0, 0.05) is 0 Å². The summed E-state index contributed by atoms with van der Waals surface area (Å²) in [5, 5.41) is 0. The number of hydrogen-bond donors (Lipinski definition) is 0. The maximum Gasteiger partial charge on any atom is 0.439 e. The van der Waals surface area contributed by atoms with Crippen LogP contribution in [0.3, 0.4) is 0 Å². The molecule has 1 aliphatic rings. The van der Waals surface area contributed by atoms with E-state index in [1.807, 2.05) is 11.3 Å². The van der Waals surface area contributed by atoms with Gasteiger partial charge in [0.1, 0.15) is 5.83 Å². The van der Waals surface area contributed by atoms with Crippen molar-refractivity contribution in [1.29, 1.82) is 0 Å². The lowest BCUT2D eigenvalue weighted by molar-refractivity contribution is -0.569.